The Kier molecular flexibility index (Phi) is 3.99. The summed E-state index contributed by atoms with van der Waals surface area (Å²) < 4.78 is 0. The molecule has 0 aliphatic carbocycles. The van der Waals surface area contributed by atoms with Crippen LogP contribution < -0.4 is 0 Å². The summed E-state index contributed by atoms with van der Waals surface area (Å²) in [6.45, 7) is 1.65. The van der Waals surface area contributed by atoms with Crippen molar-refractivity contribution in [2.45, 2.75) is 18.8 Å². The molecular weight excluding hydrogens is 296 g/mol. The van der Waals surface area contributed by atoms with Gasteiger partial charge in [-0.2, -0.15) is 0 Å². The van der Waals surface area contributed by atoms with Gasteiger partial charge in [-0.3, -0.25) is 9.78 Å². The number of likely N-dealkylation sites (tertiary alicyclic amines) is 1. The van der Waals surface area contributed by atoms with Crippen LogP contribution in [0.2, 0.25) is 0 Å². The topological polar surface area (TPSA) is 33.2 Å². The van der Waals surface area contributed by atoms with E-state index in [1.807, 2.05) is 35.2 Å². The van der Waals surface area contributed by atoms with Gasteiger partial charge in [-0.15, -0.1) is 0 Å². The van der Waals surface area contributed by atoms with Gasteiger partial charge in [0.2, 0.25) is 0 Å². The predicted molar refractivity (Wildman–Crippen MR) is 96.1 cm³/mol. The molecule has 0 spiro atoms. The molecule has 24 heavy (non-hydrogen) atoms. The molecule has 3 aromatic rings. The van der Waals surface area contributed by atoms with Crippen LogP contribution in [0.4, 0.5) is 0 Å². The van der Waals surface area contributed by atoms with Crippen molar-refractivity contribution in [1.29, 1.82) is 0 Å². The third-order valence-corrected chi connectivity index (χ3v) is 4.90. The van der Waals surface area contributed by atoms with Crippen molar-refractivity contribution in [3.63, 3.8) is 0 Å². The summed E-state index contributed by atoms with van der Waals surface area (Å²) in [6.07, 6.45) is 3.84. The lowest BCUT2D eigenvalue weighted by Crippen LogP contribution is -2.37. The monoisotopic (exact) mass is 316 g/mol. The number of rotatable bonds is 2. The molecule has 0 N–H and O–H groups in total. The van der Waals surface area contributed by atoms with Crippen molar-refractivity contribution >= 4 is 16.8 Å². The van der Waals surface area contributed by atoms with Crippen molar-refractivity contribution in [1.82, 2.24) is 9.88 Å². The highest BCUT2D eigenvalue weighted by atomic mass is 16.2. The van der Waals surface area contributed by atoms with Gasteiger partial charge in [-0.1, -0.05) is 36.4 Å². The van der Waals surface area contributed by atoms with Crippen molar-refractivity contribution in [3.05, 3.63) is 78.0 Å². The minimum atomic E-state index is 0.132. The molecule has 1 saturated heterocycles. The van der Waals surface area contributed by atoms with Gasteiger partial charge in [-0.25, -0.2) is 0 Å². The second-order valence-corrected chi connectivity index (χ2v) is 6.39. The number of amides is 1. The van der Waals surface area contributed by atoms with Crippen LogP contribution in [-0.2, 0) is 0 Å². The van der Waals surface area contributed by atoms with E-state index in [0.29, 0.717) is 5.92 Å². The zero-order valence-electron chi connectivity index (χ0n) is 13.6. The van der Waals surface area contributed by atoms with Crippen LogP contribution in [-0.4, -0.2) is 28.9 Å². The smallest absolute Gasteiger partial charge is 0.253 e. The molecule has 0 radical (unpaired) electrons. The summed E-state index contributed by atoms with van der Waals surface area (Å²) >= 11 is 0. The maximum Gasteiger partial charge on any atom is 0.253 e. The predicted octanol–water partition coefficient (Wildman–Crippen LogP) is 4.25. The second kappa shape index (κ2) is 6.44. The summed E-state index contributed by atoms with van der Waals surface area (Å²) in [5.74, 6) is 0.698. The molecule has 4 rings (SSSR count). The number of hydrogen-bond donors (Lipinski definition) is 0. The molecule has 0 saturated carbocycles. The Morgan fingerprint density at radius 1 is 0.958 bits per heavy atom. The lowest BCUT2D eigenvalue weighted by atomic mass is 9.89. The fourth-order valence-electron chi connectivity index (χ4n) is 3.53. The van der Waals surface area contributed by atoms with E-state index in [0.717, 1.165) is 42.4 Å². The Labute approximate surface area is 141 Å². The highest BCUT2D eigenvalue weighted by Gasteiger charge is 2.24. The first kappa shape index (κ1) is 14.9. The van der Waals surface area contributed by atoms with Crippen molar-refractivity contribution in [3.8, 4) is 0 Å². The average Bonchev–Trinajstić information content (AvgIpc) is 2.68. The molecule has 120 valence electrons. The van der Waals surface area contributed by atoms with E-state index in [9.17, 15) is 4.79 Å². The first-order valence-electron chi connectivity index (χ1n) is 8.50. The van der Waals surface area contributed by atoms with E-state index in [-0.39, 0.29) is 5.91 Å². The molecule has 0 unspecified atom stereocenters. The number of pyridine rings is 1. The SMILES string of the molecule is O=C(c1ccc2ncccc2c1)N1CCC(c2ccccc2)CC1. The Balaban J connectivity index is 1.47. The first-order valence-corrected chi connectivity index (χ1v) is 8.50. The zero-order chi connectivity index (χ0) is 16.4. The number of carbonyl (C=O) groups is 1. The molecule has 2 aromatic carbocycles. The third-order valence-electron chi connectivity index (χ3n) is 4.90. The number of piperidine rings is 1. The Bertz CT molecular complexity index is 852. The van der Waals surface area contributed by atoms with Gasteiger partial charge < -0.3 is 4.90 Å². The molecular formula is C21H20N2O. The highest BCUT2D eigenvalue weighted by molar-refractivity contribution is 5.98. The van der Waals surface area contributed by atoms with E-state index in [1.165, 1.54) is 5.56 Å². The molecule has 1 amide bonds. The van der Waals surface area contributed by atoms with Crippen LogP contribution in [0, 0.1) is 0 Å². The number of benzene rings is 2. The van der Waals surface area contributed by atoms with Crippen LogP contribution in [0.25, 0.3) is 10.9 Å². The van der Waals surface area contributed by atoms with Crippen molar-refractivity contribution < 1.29 is 4.79 Å². The van der Waals surface area contributed by atoms with Gasteiger partial charge in [0.15, 0.2) is 0 Å². The van der Waals surface area contributed by atoms with E-state index in [1.54, 1.807) is 6.20 Å². The molecule has 1 aliphatic rings. The minimum Gasteiger partial charge on any atom is -0.339 e. The molecule has 0 bridgehead atoms. The van der Waals surface area contributed by atoms with Crippen molar-refractivity contribution in [2.24, 2.45) is 0 Å². The normalized spacial score (nSPS) is 15.6. The number of nitrogens with zero attached hydrogens (tertiary/aromatic N) is 2. The van der Waals surface area contributed by atoms with Gasteiger partial charge in [0, 0.05) is 30.2 Å². The van der Waals surface area contributed by atoms with Gasteiger partial charge >= 0.3 is 0 Å². The molecule has 1 aliphatic heterocycles. The summed E-state index contributed by atoms with van der Waals surface area (Å²) in [4.78, 5) is 19.1. The second-order valence-electron chi connectivity index (χ2n) is 6.39. The number of aromatic nitrogens is 1. The molecule has 1 aromatic heterocycles. The lowest BCUT2D eigenvalue weighted by Gasteiger charge is -2.32. The summed E-state index contributed by atoms with van der Waals surface area (Å²) in [6, 6.07) is 20.3. The third kappa shape index (κ3) is 2.90. The maximum absolute atomic E-state index is 12.8. The maximum atomic E-state index is 12.8. The summed E-state index contributed by atoms with van der Waals surface area (Å²) in [5, 5.41) is 1.02. The summed E-state index contributed by atoms with van der Waals surface area (Å²) in [7, 11) is 0. The van der Waals surface area contributed by atoms with E-state index < -0.39 is 0 Å². The standard InChI is InChI=1S/C21H20N2O/c24-21(19-8-9-20-18(15-19)7-4-12-22-20)23-13-10-17(11-14-23)16-5-2-1-3-6-16/h1-9,12,15,17H,10-11,13-14H2. The van der Waals surface area contributed by atoms with Gasteiger partial charge in [0.05, 0.1) is 5.52 Å². The van der Waals surface area contributed by atoms with Crippen LogP contribution in [0.5, 0.6) is 0 Å². The fourth-order valence-corrected chi connectivity index (χ4v) is 3.53. The Morgan fingerprint density at radius 3 is 2.54 bits per heavy atom. The van der Waals surface area contributed by atoms with E-state index >= 15 is 0 Å². The van der Waals surface area contributed by atoms with Gasteiger partial charge in [-0.05, 0) is 48.6 Å². The fraction of sp³-hybridized carbons (Fsp3) is 0.238. The number of carbonyl (C=O) groups excluding carboxylic acids is 1. The Morgan fingerprint density at radius 2 is 1.75 bits per heavy atom. The molecule has 2 heterocycles. The van der Waals surface area contributed by atoms with E-state index in [4.69, 9.17) is 0 Å². The summed E-state index contributed by atoms with van der Waals surface area (Å²) in [5.41, 5.74) is 3.08. The average molecular weight is 316 g/mol. The van der Waals surface area contributed by atoms with E-state index in [2.05, 4.69) is 35.3 Å². The Hall–Kier alpha value is -2.68. The van der Waals surface area contributed by atoms with Crippen LogP contribution >= 0.6 is 0 Å². The largest absolute Gasteiger partial charge is 0.339 e. The minimum absolute atomic E-state index is 0.132. The highest BCUT2D eigenvalue weighted by Crippen LogP contribution is 2.28. The quantitative estimate of drug-likeness (QED) is 0.708. The van der Waals surface area contributed by atoms with Gasteiger partial charge in [0.25, 0.3) is 5.91 Å². The van der Waals surface area contributed by atoms with Crippen LogP contribution in [0.3, 0.4) is 0 Å². The van der Waals surface area contributed by atoms with Gasteiger partial charge in [0.1, 0.15) is 0 Å². The zero-order valence-corrected chi connectivity index (χ0v) is 13.6. The first-order chi connectivity index (χ1) is 11.8. The molecule has 3 nitrogen and oxygen atoms in total. The van der Waals surface area contributed by atoms with Crippen molar-refractivity contribution in [2.75, 3.05) is 13.1 Å². The lowest BCUT2D eigenvalue weighted by molar-refractivity contribution is 0.0713. The number of fused-ring (bicyclic) bond motifs is 1. The van der Waals surface area contributed by atoms with Crippen LogP contribution in [0.1, 0.15) is 34.7 Å². The molecule has 0 atom stereocenters. The molecule has 1 fully saturated rings. The van der Waals surface area contributed by atoms with Crippen LogP contribution in [0.15, 0.2) is 66.9 Å². The molecule has 3 heteroatoms. The number of hydrogen-bond acceptors (Lipinski definition) is 2.